The van der Waals surface area contributed by atoms with Gasteiger partial charge in [0.2, 0.25) is 0 Å². The van der Waals surface area contributed by atoms with Crippen molar-refractivity contribution in [3.63, 3.8) is 0 Å². The quantitative estimate of drug-likeness (QED) is 0.725. The van der Waals surface area contributed by atoms with Crippen LogP contribution in [0.2, 0.25) is 19.6 Å². The summed E-state index contributed by atoms with van der Waals surface area (Å²) in [4.78, 5) is 12.4. The van der Waals surface area contributed by atoms with Crippen LogP contribution in [0.15, 0.2) is 11.3 Å². The first-order valence-electron chi connectivity index (χ1n) is 6.95. The molecule has 0 N–H and O–H groups in total. The molecule has 20 heavy (non-hydrogen) atoms. The van der Waals surface area contributed by atoms with E-state index in [4.69, 9.17) is 18.9 Å². The fraction of sp³-hybridized carbons (Fsp3) is 0.786. The van der Waals surface area contributed by atoms with Gasteiger partial charge < -0.3 is 18.9 Å². The van der Waals surface area contributed by atoms with E-state index in [9.17, 15) is 4.79 Å². The molecule has 2 aliphatic heterocycles. The summed E-state index contributed by atoms with van der Waals surface area (Å²) in [6.07, 6.45) is 0.377. The molecule has 1 aliphatic carbocycles. The third-order valence-electron chi connectivity index (χ3n) is 4.18. The third kappa shape index (κ3) is 1.72. The van der Waals surface area contributed by atoms with Crippen LogP contribution in [0.25, 0.3) is 0 Å². The predicted molar refractivity (Wildman–Crippen MR) is 74.9 cm³/mol. The molecule has 0 radical (unpaired) electrons. The molecule has 2 heterocycles. The molecule has 0 bridgehead atoms. The number of ether oxygens (including phenoxy) is 4. The fourth-order valence-electron chi connectivity index (χ4n) is 3.39. The van der Waals surface area contributed by atoms with Crippen LogP contribution in [-0.2, 0) is 23.7 Å². The average Bonchev–Trinajstić information content (AvgIpc) is 2.76. The molecule has 0 aromatic heterocycles. The number of rotatable bonds is 2. The van der Waals surface area contributed by atoms with Crippen LogP contribution in [0.5, 0.6) is 0 Å². The van der Waals surface area contributed by atoms with Gasteiger partial charge in [-0.05, 0) is 25.1 Å². The van der Waals surface area contributed by atoms with Crippen LogP contribution >= 0.6 is 0 Å². The number of hydrogen-bond acceptors (Lipinski definition) is 5. The van der Waals surface area contributed by atoms with Crippen LogP contribution in [-0.4, -0.2) is 50.9 Å². The predicted octanol–water partition coefficient (Wildman–Crippen LogP) is 1.63. The van der Waals surface area contributed by atoms with E-state index >= 15 is 0 Å². The van der Waals surface area contributed by atoms with Gasteiger partial charge in [0.15, 0.2) is 23.5 Å². The van der Waals surface area contributed by atoms with Crippen molar-refractivity contribution >= 4 is 13.9 Å². The summed E-state index contributed by atoms with van der Waals surface area (Å²) >= 11 is 0. The van der Waals surface area contributed by atoms with E-state index in [0.29, 0.717) is 0 Å². The van der Waals surface area contributed by atoms with Crippen LogP contribution in [0.1, 0.15) is 13.8 Å². The molecule has 3 aliphatic rings. The Morgan fingerprint density at radius 3 is 2.35 bits per heavy atom. The Labute approximate surface area is 120 Å². The van der Waals surface area contributed by atoms with E-state index in [2.05, 4.69) is 19.6 Å². The summed E-state index contributed by atoms with van der Waals surface area (Å²) in [5.41, 5.74) is -0.983. The van der Waals surface area contributed by atoms with Crippen LogP contribution < -0.4 is 0 Å². The van der Waals surface area contributed by atoms with Crippen molar-refractivity contribution in [3.05, 3.63) is 11.3 Å². The minimum atomic E-state index is -1.68. The molecule has 3 rings (SSSR count). The highest BCUT2D eigenvalue weighted by Crippen LogP contribution is 2.53. The first-order valence-corrected chi connectivity index (χ1v) is 10.5. The maximum absolute atomic E-state index is 12.4. The molecular formula is C14H22O5Si. The lowest BCUT2D eigenvalue weighted by atomic mass is 9.81. The highest BCUT2D eigenvalue weighted by Gasteiger charge is 2.71. The second-order valence-electron chi connectivity index (χ2n) is 7.15. The van der Waals surface area contributed by atoms with Crippen molar-refractivity contribution < 1.29 is 23.7 Å². The molecule has 1 spiro atoms. The molecule has 5 nitrogen and oxygen atoms in total. The molecule has 2 fully saturated rings. The van der Waals surface area contributed by atoms with Crippen LogP contribution in [0, 0.1) is 0 Å². The lowest BCUT2D eigenvalue weighted by Gasteiger charge is -2.45. The zero-order chi connectivity index (χ0) is 14.9. The summed E-state index contributed by atoms with van der Waals surface area (Å²) in [5, 5.41) is 1.09. The second-order valence-corrected chi connectivity index (χ2v) is 12.2. The summed E-state index contributed by atoms with van der Waals surface area (Å²) in [5.74, 6) is -0.741. The van der Waals surface area contributed by atoms with Crippen molar-refractivity contribution in [2.75, 3.05) is 7.11 Å². The van der Waals surface area contributed by atoms with E-state index in [1.807, 2.05) is 13.8 Å². The van der Waals surface area contributed by atoms with Gasteiger partial charge in [0.1, 0.15) is 12.2 Å². The van der Waals surface area contributed by atoms with E-state index in [1.54, 1.807) is 13.2 Å². The number of hydrogen-bond donors (Lipinski definition) is 0. The van der Waals surface area contributed by atoms with Gasteiger partial charge in [-0.25, -0.2) is 0 Å². The van der Waals surface area contributed by atoms with Crippen molar-refractivity contribution in [1.29, 1.82) is 0 Å². The molecule has 6 heteroatoms. The number of carbonyl (C=O) groups is 1. The van der Waals surface area contributed by atoms with Crippen LogP contribution in [0.3, 0.4) is 0 Å². The smallest absolute Gasteiger partial charge is 0.193 e. The standard InChI is InChI=1S/C14H22O5Si/c1-13(2)17-10-11(18-13)14(19-12(10)16-3)8(15)7-9(14)20(4,5)6/h7,10-12H,1-6H3/t10-,11?,12+,14-/m0/s1. The van der Waals surface area contributed by atoms with E-state index < -0.39 is 31.9 Å². The summed E-state index contributed by atoms with van der Waals surface area (Å²) in [7, 11) is -0.111. The van der Waals surface area contributed by atoms with Gasteiger partial charge in [0.25, 0.3) is 0 Å². The lowest BCUT2D eigenvalue weighted by Crippen LogP contribution is -2.61. The molecular weight excluding hydrogens is 276 g/mol. The van der Waals surface area contributed by atoms with Gasteiger partial charge in [0, 0.05) is 7.11 Å². The van der Waals surface area contributed by atoms with Crippen molar-refractivity contribution in [1.82, 2.24) is 0 Å². The first-order chi connectivity index (χ1) is 9.12. The normalized spacial score (nSPS) is 42.6. The number of ketones is 1. The molecule has 0 aromatic carbocycles. The van der Waals surface area contributed by atoms with Crippen molar-refractivity contribution in [2.24, 2.45) is 0 Å². The Balaban J connectivity index is 2.03. The van der Waals surface area contributed by atoms with Gasteiger partial charge in [-0.1, -0.05) is 19.6 Å². The lowest BCUT2D eigenvalue weighted by molar-refractivity contribution is -0.240. The van der Waals surface area contributed by atoms with E-state index in [0.717, 1.165) is 5.20 Å². The molecule has 0 aromatic rings. The van der Waals surface area contributed by atoms with E-state index in [1.165, 1.54) is 0 Å². The van der Waals surface area contributed by atoms with Gasteiger partial charge in [0.05, 0.1) is 8.07 Å². The minimum Gasteiger partial charge on any atom is -0.353 e. The molecule has 1 unspecified atom stereocenters. The van der Waals surface area contributed by atoms with Crippen molar-refractivity contribution in [2.45, 2.75) is 63.4 Å². The summed E-state index contributed by atoms with van der Waals surface area (Å²) < 4.78 is 23.2. The SMILES string of the molecule is CO[C@@H]1O[C@]2(C(=O)C=C2[Si](C)(C)C)C2OC(C)(C)O[C@@H]21. The number of carbonyl (C=O) groups excluding carboxylic acids is 1. The van der Waals surface area contributed by atoms with Gasteiger partial charge >= 0.3 is 0 Å². The summed E-state index contributed by atoms with van der Waals surface area (Å²) in [6, 6.07) is 0. The highest BCUT2D eigenvalue weighted by molar-refractivity contribution is 6.85. The summed E-state index contributed by atoms with van der Waals surface area (Å²) in [6.45, 7) is 10.3. The molecule has 0 amide bonds. The van der Waals surface area contributed by atoms with Crippen LogP contribution in [0.4, 0.5) is 0 Å². The Morgan fingerprint density at radius 1 is 1.20 bits per heavy atom. The molecule has 4 atom stereocenters. The first kappa shape index (κ1) is 14.4. The molecule has 112 valence electrons. The Hall–Kier alpha value is -0.533. The van der Waals surface area contributed by atoms with Gasteiger partial charge in [-0.2, -0.15) is 0 Å². The zero-order valence-electron chi connectivity index (χ0n) is 12.9. The monoisotopic (exact) mass is 298 g/mol. The third-order valence-corrected chi connectivity index (χ3v) is 6.31. The van der Waals surface area contributed by atoms with E-state index in [-0.39, 0.29) is 11.9 Å². The largest absolute Gasteiger partial charge is 0.353 e. The highest BCUT2D eigenvalue weighted by atomic mass is 28.3. The zero-order valence-corrected chi connectivity index (χ0v) is 13.9. The number of fused-ring (bicyclic) bond motifs is 2. The molecule has 0 saturated carbocycles. The topological polar surface area (TPSA) is 54.0 Å². The Bertz CT molecular complexity index is 492. The Morgan fingerprint density at radius 2 is 1.85 bits per heavy atom. The fourth-order valence-corrected chi connectivity index (χ4v) is 5.39. The minimum absolute atomic E-state index is 0.0224. The number of methoxy groups -OCH3 is 1. The maximum Gasteiger partial charge on any atom is 0.193 e. The Kier molecular flexibility index (Phi) is 2.89. The maximum atomic E-state index is 12.4. The van der Waals surface area contributed by atoms with Gasteiger partial charge in [-0.3, -0.25) is 4.79 Å². The molecule has 2 saturated heterocycles. The second kappa shape index (κ2) is 4.01. The van der Waals surface area contributed by atoms with Crippen molar-refractivity contribution in [3.8, 4) is 0 Å². The average molecular weight is 298 g/mol. The van der Waals surface area contributed by atoms with Gasteiger partial charge in [-0.15, -0.1) is 0 Å².